The molecule has 2 rings (SSSR count). The molecule has 0 bridgehead atoms. The van der Waals surface area contributed by atoms with Crippen LogP contribution in [0, 0.1) is 19.7 Å². The summed E-state index contributed by atoms with van der Waals surface area (Å²) in [7, 11) is 0. The van der Waals surface area contributed by atoms with Crippen LogP contribution < -0.4 is 11.3 Å². The highest BCUT2D eigenvalue weighted by molar-refractivity contribution is 9.10. The molecule has 0 fully saturated rings. The van der Waals surface area contributed by atoms with Gasteiger partial charge >= 0.3 is 0 Å². The average Bonchev–Trinajstić information content (AvgIpc) is 2.75. The summed E-state index contributed by atoms with van der Waals surface area (Å²) in [6, 6.07) is 4.97. The van der Waals surface area contributed by atoms with Gasteiger partial charge in [0, 0.05) is 13.0 Å². The Balaban J connectivity index is 2.33. The van der Waals surface area contributed by atoms with E-state index < -0.39 is 0 Å². The minimum Gasteiger partial charge on any atom is -0.271 e. The Hall–Kier alpha value is -1.24. The van der Waals surface area contributed by atoms with Crippen molar-refractivity contribution in [2.24, 2.45) is 5.84 Å². The SMILES string of the molecule is CCn1nc(C)c(Br)c1CC(NN)c1ccc(F)c(C)c1. The number of nitrogens with two attached hydrogens (primary N) is 1. The lowest BCUT2D eigenvalue weighted by Gasteiger charge is -2.18. The van der Waals surface area contributed by atoms with Crippen LogP contribution in [0.5, 0.6) is 0 Å². The summed E-state index contributed by atoms with van der Waals surface area (Å²) < 4.78 is 16.4. The fraction of sp³-hybridized carbons (Fsp3) is 0.400. The maximum atomic E-state index is 13.4. The molecule has 1 aromatic carbocycles. The third kappa shape index (κ3) is 3.33. The fourth-order valence-corrected chi connectivity index (χ4v) is 2.86. The largest absolute Gasteiger partial charge is 0.271 e. The lowest BCUT2D eigenvalue weighted by molar-refractivity contribution is 0.514. The topological polar surface area (TPSA) is 55.9 Å². The Bertz CT molecular complexity index is 639. The molecule has 0 amide bonds. The number of nitrogens with one attached hydrogen (secondary N) is 1. The number of hydrazine groups is 1. The van der Waals surface area contributed by atoms with Gasteiger partial charge in [-0.2, -0.15) is 5.10 Å². The molecule has 0 aliphatic carbocycles. The van der Waals surface area contributed by atoms with Crippen molar-refractivity contribution in [3.8, 4) is 0 Å². The second-order valence-corrected chi connectivity index (χ2v) is 5.89. The minimum atomic E-state index is -0.204. The van der Waals surface area contributed by atoms with Crippen molar-refractivity contribution in [3.63, 3.8) is 0 Å². The summed E-state index contributed by atoms with van der Waals surface area (Å²) in [6.07, 6.45) is 0.677. The van der Waals surface area contributed by atoms with Crippen molar-refractivity contribution < 1.29 is 4.39 Å². The van der Waals surface area contributed by atoms with Crippen molar-refractivity contribution >= 4 is 15.9 Å². The molecule has 0 saturated heterocycles. The first-order valence-corrected chi connectivity index (χ1v) is 7.71. The smallest absolute Gasteiger partial charge is 0.126 e. The van der Waals surface area contributed by atoms with E-state index in [0.717, 1.165) is 28.0 Å². The zero-order valence-corrected chi connectivity index (χ0v) is 14.0. The van der Waals surface area contributed by atoms with Crippen LogP contribution in [-0.4, -0.2) is 9.78 Å². The summed E-state index contributed by atoms with van der Waals surface area (Å²) in [5.41, 5.74) is 6.44. The summed E-state index contributed by atoms with van der Waals surface area (Å²) in [6.45, 7) is 6.56. The molecule has 0 aliphatic heterocycles. The average molecular weight is 355 g/mol. The standard InChI is InChI=1S/C15H20BrFN4/c1-4-21-14(15(16)10(3)20-21)8-13(19-18)11-5-6-12(17)9(2)7-11/h5-7,13,19H,4,8,18H2,1-3H3. The monoisotopic (exact) mass is 354 g/mol. The Kier molecular flexibility index (Phi) is 5.13. The maximum Gasteiger partial charge on any atom is 0.126 e. The second-order valence-electron chi connectivity index (χ2n) is 5.09. The van der Waals surface area contributed by atoms with Gasteiger partial charge in [-0.25, -0.2) is 4.39 Å². The third-order valence-corrected chi connectivity index (χ3v) is 4.67. The molecule has 4 nitrogen and oxygen atoms in total. The first-order chi connectivity index (χ1) is 9.97. The van der Waals surface area contributed by atoms with Gasteiger partial charge in [0.15, 0.2) is 0 Å². The number of hydrogen-bond acceptors (Lipinski definition) is 3. The van der Waals surface area contributed by atoms with Crippen LogP contribution in [0.15, 0.2) is 22.7 Å². The van der Waals surface area contributed by atoms with Gasteiger partial charge in [-0.05, 0) is 53.9 Å². The zero-order chi connectivity index (χ0) is 15.6. The van der Waals surface area contributed by atoms with Crippen LogP contribution >= 0.6 is 15.9 Å². The Labute approximate surface area is 132 Å². The lowest BCUT2D eigenvalue weighted by Crippen LogP contribution is -2.30. The molecule has 0 radical (unpaired) electrons. The molecule has 2 aromatic rings. The van der Waals surface area contributed by atoms with E-state index in [1.807, 2.05) is 17.7 Å². The van der Waals surface area contributed by atoms with Gasteiger partial charge in [0.2, 0.25) is 0 Å². The molecule has 0 spiro atoms. The molecule has 1 heterocycles. The van der Waals surface area contributed by atoms with E-state index in [4.69, 9.17) is 5.84 Å². The number of hydrogen-bond donors (Lipinski definition) is 2. The highest BCUT2D eigenvalue weighted by atomic mass is 79.9. The number of aromatic nitrogens is 2. The Morgan fingerprint density at radius 2 is 2.14 bits per heavy atom. The molecular weight excluding hydrogens is 335 g/mol. The first-order valence-electron chi connectivity index (χ1n) is 6.91. The van der Waals surface area contributed by atoms with Crippen molar-refractivity contribution in [1.82, 2.24) is 15.2 Å². The molecule has 1 atom stereocenters. The molecule has 1 aromatic heterocycles. The van der Waals surface area contributed by atoms with E-state index in [9.17, 15) is 4.39 Å². The van der Waals surface area contributed by atoms with E-state index in [1.54, 1.807) is 13.0 Å². The van der Waals surface area contributed by atoms with Crippen LogP contribution in [-0.2, 0) is 13.0 Å². The van der Waals surface area contributed by atoms with Crippen LogP contribution in [0.4, 0.5) is 4.39 Å². The molecule has 114 valence electrons. The number of rotatable bonds is 5. The van der Waals surface area contributed by atoms with Gasteiger partial charge in [0.1, 0.15) is 5.82 Å². The van der Waals surface area contributed by atoms with E-state index in [1.165, 1.54) is 6.07 Å². The summed E-state index contributed by atoms with van der Waals surface area (Å²) in [5.74, 6) is 5.50. The van der Waals surface area contributed by atoms with Crippen molar-refractivity contribution in [2.45, 2.75) is 39.8 Å². The zero-order valence-electron chi connectivity index (χ0n) is 12.5. The predicted molar refractivity (Wildman–Crippen MR) is 85.2 cm³/mol. The first kappa shape index (κ1) is 16.1. The molecule has 21 heavy (non-hydrogen) atoms. The van der Waals surface area contributed by atoms with E-state index in [0.29, 0.717) is 12.0 Å². The van der Waals surface area contributed by atoms with Gasteiger partial charge < -0.3 is 0 Å². The number of benzene rings is 1. The Morgan fingerprint density at radius 1 is 1.43 bits per heavy atom. The van der Waals surface area contributed by atoms with Crippen molar-refractivity contribution in [1.29, 1.82) is 0 Å². The van der Waals surface area contributed by atoms with Gasteiger partial charge in [-0.15, -0.1) is 0 Å². The lowest BCUT2D eigenvalue weighted by atomic mass is 10.0. The number of halogens is 2. The highest BCUT2D eigenvalue weighted by Crippen LogP contribution is 2.27. The second kappa shape index (κ2) is 6.68. The number of nitrogens with zero attached hydrogens (tertiary/aromatic N) is 2. The molecule has 6 heteroatoms. The highest BCUT2D eigenvalue weighted by Gasteiger charge is 2.18. The minimum absolute atomic E-state index is 0.0954. The van der Waals surface area contributed by atoms with Gasteiger partial charge in [0.25, 0.3) is 0 Å². The molecule has 3 N–H and O–H groups in total. The summed E-state index contributed by atoms with van der Waals surface area (Å²) in [4.78, 5) is 0. The summed E-state index contributed by atoms with van der Waals surface area (Å²) in [5, 5.41) is 4.48. The van der Waals surface area contributed by atoms with Crippen molar-refractivity contribution in [2.75, 3.05) is 0 Å². The quantitative estimate of drug-likeness (QED) is 0.640. The molecular formula is C15H20BrFN4. The maximum absolute atomic E-state index is 13.4. The van der Waals surface area contributed by atoms with Gasteiger partial charge in [0.05, 0.1) is 21.9 Å². The van der Waals surface area contributed by atoms with Crippen LogP contribution in [0.1, 0.15) is 35.5 Å². The van der Waals surface area contributed by atoms with E-state index in [-0.39, 0.29) is 11.9 Å². The van der Waals surface area contributed by atoms with Crippen molar-refractivity contribution in [3.05, 3.63) is 51.0 Å². The van der Waals surface area contributed by atoms with E-state index >= 15 is 0 Å². The predicted octanol–water partition coefficient (Wildman–Crippen LogP) is 3.17. The van der Waals surface area contributed by atoms with Crippen LogP contribution in [0.25, 0.3) is 0 Å². The number of aryl methyl sites for hydroxylation is 3. The molecule has 0 saturated carbocycles. The fourth-order valence-electron chi connectivity index (χ4n) is 2.41. The Morgan fingerprint density at radius 3 is 2.71 bits per heavy atom. The van der Waals surface area contributed by atoms with Crippen LogP contribution in [0.3, 0.4) is 0 Å². The summed E-state index contributed by atoms with van der Waals surface area (Å²) >= 11 is 3.59. The molecule has 1 unspecified atom stereocenters. The van der Waals surface area contributed by atoms with Gasteiger partial charge in [-0.1, -0.05) is 12.1 Å². The molecule has 0 aliphatic rings. The van der Waals surface area contributed by atoms with E-state index in [2.05, 4.69) is 33.4 Å². The normalized spacial score (nSPS) is 12.7. The van der Waals surface area contributed by atoms with Gasteiger partial charge in [-0.3, -0.25) is 16.0 Å². The third-order valence-electron chi connectivity index (χ3n) is 3.64. The van der Waals surface area contributed by atoms with Crippen LogP contribution in [0.2, 0.25) is 0 Å².